The second-order valence-corrected chi connectivity index (χ2v) is 6.48. The van der Waals surface area contributed by atoms with Crippen molar-refractivity contribution in [2.45, 2.75) is 31.1 Å². The second kappa shape index (κ2) is 5.84. The van der Waals surface area contributed by atoms with Gasteiger partial charge in [0.25, 0.3) is 0 Å². The molecule has 0 spiro atoms. The Morgan fingerprint density at radius 1 is 1.38 bits per heavy atom. The van der Waals surface area contributed by atoms with Crippen LogP contribution in [0.2, 0.25) is 5.02 Å². The van der Waals surface area contributed by atoms with Crippen molar-refractivity contribution in [3.63, 3.8) is 0 Å². The first-order chi connectivity index (χ1) is 10.1. The topological polar surface area (TPSA) is 27.6 Å². The normalized spacial score (nSPS) is 20.7. The number of nitrogens with zero attached hydrogens (tertiary/aromatic N) is 2. The van der Waals surface area contributed by atoms with E-state index in [9.17, 15) is 4.39 Å². The van der Waals surface area contributed by atoms with Crippen molar-refractivity contribution in [1.29, 1.82) is 0 Å². The predicted molar refractivity (Wildman–Crippen MR) is 84.5 cm³/mol. The number of guanidine groups is 1. The molecule has 3 rings (SSSR count). The maximum absolute atomic E-state index is 14.5. The number of hydrogen-bond acceptors (Lipinski definition) is 3. The van der Waals surface area contributed by atoms with Crippen molar-refractivity contribution in [3.05, 3.63) is 34.6 Å². The summed E-state index contributed by atoms with van der Waals surface area (Å²) in [5.41, 5.74) is 0.585. The van der Waals surface area contributed by atoms with Gasteiger partial charge in [-0.05, 0) is 24.5 Å². The Morgan fingerprint density at radius 3 is 2.81 bits per heavy atom. The van der Waals surface area contributed by atoms with Crippen LogP contribution in [0.25, 0.3) is 0 Å². The molecule has 1 aromatic rings. The molecule has 0 bridgehead atoms. The first kappa shape index (κ1) is 14.6. The molecule has 1 aliphatic heterocycles. The van der Waals surface area contributed by atoms with Gasteiger partial charge in [0, 0.05) is 25.6 Å². The van der Waals surface area contributed by atoms with Crippen molar-refractivity contribution in [2.24, 2.45) is 4.99 Å². The number of halogens is 2. The lowest BCUT2D eigenvalue weighted by Gasteiger charge is -2.31. The van der Waals surface area contributed by atoms with Gasteiger partial charge in [-0.25, -0.2) is 4.39 Å². The highest BCUT2D eigenvalue weighted by atomic mass is 35.5. The van der Waals surface area contributed by atoms with Crippen LogP contribution in [0.4, 0.5) is 4.39 Å². The first-order valence-corrected chi connectivity index (χ1v) is 7.94. The fourth-order valence-corrected chi connectivity index (χ4v) is 3.65. The fourth-order valence-electron chi connectivity index (χ4n) is 3.48. The maximum atomic E-state index is 14.5. The molecule has 0 radical (unpaired) electrons. The zero-order chi connectivity index (χ0) is 14.9. The van der Waals surface area contributed by atoms with Crippen LogP contribution in [0.1, 0.15) is 31.2 Å². The minimum Gasteiger partial charge on any atom is -0.355 e. The van der Waals surface area contributed by atoms with Crippen molar-refractivity contribution < 1.29 is 4.39 Å². The highest BCUT2D eigenvalue weighted by Gasteiger charge is 2.38. The van der Waals surface area contributed by atoms with E-state index in [1.165, 1.54) is 0 Å². The minimum atomic E-state index is -0.260. The number of benzene rings is 1. The number of nitrogens with one attached hydrogen (secondary N) is 1. The fraction of sp³-hybridized carbons (Fsp3) is 0.562. The zero-order valence-electron chi connectivity index (χ0n) is 12.3. The summed E-state index contributed by atoms with van der Waals surface area (Å²) < 4.78 is 14.5. The molecule has 0 saturated heterocycles. The van der Waals surface area contributed by atoms with Gasteiger partial charge in [-0.3, -0.25) is 4.99 Å². The Morgan fingerprint density at radius 2 is 2.14 bits per heavy atom. The quantitative estimate of drug-likeness (QED) is 0.928. The molecule has 0 atom stereocenters. The van der Waals surface area contributed by atoms with Gasteiger partial charge in [-0.1, -0.05) is 36.6 Å². The highest BCUT2D eigenvalue weighted by molar-refractivity contribution is 6.30. The smallest absolute Gasteiger partial charge is 0.193 e. The second-order valence-electron chi connectivity index (χ2n) is 6.07. The average molecular weight is 310 g/mol. The molecule has 1 saturated carbocycles. The van der Waals surface area contributed by atoms with Crippen LogP contribution < -0.4 is 5.32 Å². The van der Waals surface area contributed by atoms with E-state index >= 15 is 0 Å². The summed E-state index contributed by atoms with van der Waals surface area (Å²) in [5.74, 6) is 0.660. The Hall–Kier alpha value is -1.29. The molecule has 0 aromatic heterocycles. The van der Waals surface area contributed by atoms with Crippen molar-refractivity contribution >= 4 is 17.6 Å². The van der Waals surface area contributed by atoms with Crippen LogP contribution in [0.15, 0.2) is 23.2 Å². The standard InChI is InChI=1S/C16H21ClFN3/c1-21-10-9-19-15(21)20-11-16(7-2-3-8-16)12-5-4-6-13(17)14(12)18/h4-6H,2-3,7-11H2,1H3,(H,19,20). The van der Waals surface area contributed by atoms with E-state index in [1.54, 1.807) is 6.07 Å². The average Bonchev–Trinajstić information content (AvgIpc) is 3.09. The van der Waals surface area contributed by atoms with E-state index in [-0.39, 0.29) is 16.3 Å². The monoisotopic (exact) mass is 309 g/mol. The molecule has 1 N–H and O–H groups in total. The molecular formula is C16H21ClFN3. The first-order valence-electron chi connectivity index (χ1n) is 7.56. The van der Waals surface area contributed by atoms with Crippen LogP contribution in [0.5, 0.6) is 0 Å². The van der Waals surface area contributed by atoms with E-state index in [0.29, 0.717) is 6.54 Å². The third-order valence-corrected chi connectivity index (χ3v) is 5.02. The maximum Gasteiger partial charge on any atom is 0.193 e. The Kier molecular flexibility index (Phi) is 4.07. The van der Waals surface area contributed by atoms with E-state index in [0.717, 1.165) is 50.3 Å². The van der Waals surface area contributed by atoms with E-state index in [4.69, 9.17) is 11.6 Å². The lowest BCUT2D eigenvalue weighted by atomic mass is 9.78. The number of rotatable bonds is 3. The molecule has 0 unspecified atom stereocenters. The predicted octanol–water partition coefficient (Wildman–Crippen LogP) is 3.18. The molecule has 114 valence electrons. The number of likely N-dealkylation sites (N-methyl/N-ethyl adjacent to an activating group) is 1. The summed E-state index contributed by atoms with van der Waals surface area (Å²) in [7, 11) is 2.03. The molecule has 0 amide bonds. The molecule has 1 heterocycles. The lowest BCUT2D eigenvalue weighted by molar-refractivity contribution is 0.402. The van der Waals surface area contributed by atoms with Crippen LogP contribution in [-0.2, 0) is 5.41 Å². The van der Waals surface area contributed by atoms with E-state index in [1.807, 2.05) is 19.2 Å². The van der Waals surface area contributed by atoms with Crippen LogP contribution in [-0.4, -0.2) is 37.5 Å². The van der Waals surface area contributed by atoms with Crippen molar-refractivity contribution in [1.82, 2.24) is 10.2 Å². The SMILES string of the molecule is CN1CCN=C1NCC1(c2cccc(Cl)c2F)CCCC1. The van der Waals surface area contributed by atoms with Gasteiger partial charge in [-0.15, -0.1) is 0 Å². The third-order valence-electron chi connectivity index (χ3n) is 4.73. The molecule has 1 fully saturated rings. The molecular weight excluding hydrogens is 289 g/mol. The summed E-state index contributed by atoms with van der Waals surface area (Å²) in [6.07, 6.45) is 4.26. The summed E-state index contributed by atoms with van der Waals surface area (Å²) in [5, 5.41) is 3.64. The molecule has 5 heteroatoms. The van der Waals surface area contributed by atoms with Gasteiger partial charge >= 0.3 is 0 Å². The largest absolute Gasteiger partial charge is 0.355 e. The van der Waals surface area contributed by atoms with Crippen molar-refractivity contribution in [2.75, 3.05) is 26.7 Å². The summed E-state index contributed by atoms with van der Waals surface area (Å²) >= 11 is 5.98. The van der Waals surface area contributed by atoms with Gasteiger partial charge < -0.3 is 10.2 Å². The third kappa shape index (κ3) is 2.73. The Balaban J connectivity index is 1.84. The molecule has 1 aromatic carbocycles. The van der Waals surface area contributed by atoms with Crippen LogP contribution in [0.3, 0.4) is 0 Å². The Bertz CT molecular complexity index is 552. The van der Waals surface area contributed by atoms with Crippen LogP contribution >= 0.6 is 11.6 Å². The van der Waals surface area contributed by atoms with Crippen molar-refractivity contribution in [3.8, 4) is 0 Å². The minimum absolute atomic E-state index is 0.166. The zero-order valence-corrected chi connectivity index (χ0v) is 13.1. The number of aliphatic imine (C=N–C) groups is 1. The highest BCUT2D eigenvalue weighted by Crippen LogP contribution is 2.42. The number of hydrogen-bond donors (Lipinski definition) is 1. The summed E-state index contributed by atoms with van der Waals surface area (Å²) in [4.78, 5) is 6.56. The van der Waals surface area contributed by atoms with E-state index < -0.39 is 0 Å². The lowest BCUT2D eigenvalue weighted by Crippen LogP contribution is -2.44. The van der Waals surface area contributed by atoms with Crippen LogP contribution in [0, 0.1) is 5.82 Å². The van der Waals surface area contributed by atoms with E-state index in [2.05, 4.69) is 15.2 Å². The molecule has 3 nitrogen and oxygen atoms in total. The Labute approximate surface area is 130 Å². The van der Waals surface area contributed by atoms with Gasteiger partial charge in [-0.2, -0.15) is 0 Å². The molecule has 2 aliphatic rings. The van der Waals surface area contributed by atoms with Gasteiger partial charge in [0.1, 0.15) is 5.82 Å². The van der Waals surface area contributed by atoms with Gasteiger partial charge in [0.2, 0.25) is 0 Å². The summed E-state index contributed by atoms with van der Waals surface area (Å²) in [6, 6.07) is 5.35. The molecule has 21 heavy (non-hydrogen) atoms. The van der Waals surface area contributed by atoms with Gasteiger partial charge in [0.15, 0.2) is 5.96 Å². The summed E-state index contributed by atoms with van der Waals surface area (Å²) in [6.45, 7) is 2.49. The molecule has 1 aliphatic carbocycles. The van der Waals surface area contributed by atoms with Gasteiger partial charge in [0.05, 0.1) is 11.6 Å².